The molecule has 2 aliphatic rings. The SMILES string of the molecule is Cc1cc2cc(OCC3C(F)=CC=CN3C3CCNCC3(F)F)ccc2o1. The average molecular weight is 378 g/mol. The van der Waals surface area contributed by atoms with E-state index in [-0.39, 0.29) is 13.0 Å². The van der Waals surface area contributed by atoms with E-state index < -0.39 is 30.4 Å². The molecule has 7 heteroatoms. The van der Waals surface area contributed by atoms with E-state index in [1.165, 1.54) is 23.3 Å². The Labute approximate surface area is 155 Å². The van der Waals surface area contributed by atoms with Crippen LogP contribution in [0.2, 0.25) is 0 Å². The monoisotopic (exact) mass is 378 g/mol. The highest BCUT2D eigenvalue weighted by Gasteiger charge is 2.47. The van der Waals surface area contributed by atoms with Crippen molar-refractivity contribution < 1.29 is 22.3 Å². The number of benzene rings is 1. The Kier molecular flexibility index (Phi) is 4.63. The normalized spacial score (nSPS) is 24.9. The Hall–Kier alpha value is -2.41. The second-order valence-corrected chi connectivity index (χ2v) is 6.97. The number of hydrogen-bond donors (Lipinski definition) is 1. The topological polar surface area (TPSA) is 37.6 Å². The second kappa shape index (κ2) is 6.96. The summed E-state index contributed by atoms with van der Waals surface area (Å²) in [7, 11) is 0. The summed E-state index contributed by atoms with van der Waals surface area (Å²) < 4.78 is 54.5. The maximum atomic E-state index is 14.5. The van der Waals surface area contributed by atoms with Crippen molar-refractivity contribution in [2.75, 3.05) is 19.7 Å². The van der Waals surface area contributed by atoms with Gasteiger partial charge in [0.15, 0.2) is 0 Å². The van der Waals surface area contributed by atoms with Gasteiger partial charge in [0.1, 0.15) is 35.6 Å². The number of nitrogens with zero attached hydrogens (tertiary/aromatic N) is 1. The maximum Gasteiger partial charge on any atom is 0.280 e. The summed E-state index contributed by atoms with van der Waals surface area (Å²) in [6.45, 7) is 1.86. The van der Waals surface area contributed by atoms with Crippen molar-refractivity contribution in [2.45, 2.75) is 31.4 Å². The molecule has 1 fully saturated rings. The van der Waals surface area contributed by atoms with Gasteiger partial charge in [0.2, 0.25) is 0 Å². The minimum absolute atomic E-state index is 0.0605. The number of rotatable bonds is 4. The summed E-state index contributed by atoms with van der Waals surface area (Å²) in [5.41, 5.74) is 0.738. The van der Waals surface area contributed by atoms with Crippen LogP contribution >= 0.6 is 0 Å². The standard InChI is InChI=1S/C20H21F3N2O2/c1-13-9-14-10-15(4-5-18(14)27-13)26-11-17-16(21)3-2-8-25(17)19-6-7-24-12-20(19,22)23/h2-5,8-10,17,19,24H,6-7,11-12H2,1H3. The Morgan fingerprint density at radius 2 is 2.19 bits per heavy atom. The fourth-order valence-corrected chi connectivity index (χ4v) is 3.69. The molecular formula is C20H21F3N2O2. The van der Waals surface area contributed by atoms with Crippen LogP contribution in [0.25, 0.3) is 11.0 Å². The van der Waals surface area contributed by atoms with Gasteiger partial charge < -0.3 is 19.4 Å². The highest BCUT2D eigenvalue weighted by Crippen LogP contribution is 2.33. The van der Waals surface area contributed by atoms with Gasteiger partial charge in [-0.25, -0.2) is 13.2 Å². The highest BCUT2D eigenvalue weighted by molar-refractivity contribution is 5.79. The first-order valence-electron chi connectivity index (χ1n) is 8.97. The van der Waals surface area contributed by atoms with E-state index in [0.29, 0.717) is 12.3 Å². The molecule has 1 aromatic heterocycles. The van der Waals surface area contributed by atoms with Crippen molar-refractivity contribution in [3.8, 4) is 5.75 Å². The van der Waals surface area contributed by atoms with Gasteiger partial charge in [0.05, 0.1) is 12.6 Å². The van der Waals surface area contributed by atoms with Crippen molar-refractivity contribution in [1.82, 2.24) is 10.2 Å². The van der Waals surface area contributed by atoms with Crippen LogP contribution in [0, 0.1) is 6.92 Å². The third kappa shape index (κ3) is 3.56. The molecule has 2 aromatic rings. The zero-order valence-electron chi connectivity index (χ0n) is 14.9. The molecule has 2 unspecified atom stereocenters. The number of alkyl halides is 2. The largest absolute Gasteiger partial charge is 0.491 e. The first kappa shape index (κ1) is 18.0. The van der Waals surface area contributed by atoms with E-state index in [1.54, 1.807) is 18.2 Å². The molecule has 1 N–H and O–H groups in total. The summed E-state index contributed by atoms with van der Waals surface area (Å²) >= 11 is 0. The number of ether oxygens (including phenoxy) is 1. The van der Waals surface area contributed by atoms with Crippen LogP contribution in [-0.4, -0.2) is 42.6 Å². The molecule has 1 aromatic carbocycles. The molecule has 4 rings (SSSR count). The third-order valence-corrected chi connectivity index (χ3v) is 5.01. The quantitative estimate of drug-likeness (QED) is 0.867. The lowest BCUT2D eigenvalue weighted by molar-refractivity contribution is -0.0938. The molecule has 2 aliphatic heterocycles. The van der Waals surface area contributed by atoms with E-state index in [0.717, 1.165) is 16.7 Å². The molecule has 3 heterocycles. The summed E-state index contributed by atoms with van der Waals surface area (Å²) in [5, 5.41) is 3.58. The molecule has 2 atom stereocenters. The zero-order chi connectivity index (χ0) is 19.0. The van der Waals surface area contributed by atoms with Crippen molar-refractivity contribution in [3.05, 3.63) is 54.2 Å². The molecule has 0 spiro atoms. The first-order chi connectivity index (χ1) is 12.9. The molecule has 0 aliphatic carbocycles. The van der Waals surface area contributed by atoms with Gasteiger partial charge in [-0.05, 0) is 56.3 Å². The van der Waals surface area contributed by atoms with Gasteiger partial charge in [0, 0.05) is 11.6 Å². The lowest BCUT2D eigenvalue weighted by Gasteiger charge is -2.43. The van der Waals surface area contributed by atoms with Crippen LogP contribution in [0.5, 0.6) is 5.75 Å². The Balaban J connectivity index is 1.52. The highest BCUT2D eigenvalue weighted by atomic mass is 19.3. The van der Waals surface area contributed by atoms with E-state index >= 15 is 0 Å². The number of furan rings is 1. The van der Waals surface area contributed by atoms with Gasteiger partial charge in [-0.15, -0.1) is 0 Å². The number of allylic oxidation sites excluding steroid dienone is 2. The van der Waals surface area contributed by atoms with Crippen molar-refractivity contribution in [3.63, 3.8) is 0 Å². The molecule has 144 valence electrons. The predicted molar refractivity (Wildman–Crippen MR) is 96.6 cm³/mol. The molecule has 27 heavy (non-hydrogen) atoms. The number of hydrogen-bond acceptors (Lipinski definition) is 4. The lowest BCUT2D eigenvalue weighted by Crippen LogP contribution is -2.59. The van der Waals surface area contributed by atoms with Crippen LogP contribution in [0.3, 0.4) is 0 Å². The van der Waals surface area contributed by atoms with Gasteiger partial charge in [-0.2, -0.15) is 0 Å². The molecular weight excluding hydrogens is 357 g/mol. The molecule has 0 amide bonds. The summed E-state index contributed by atoms with van der Waals surface area (Å²) in [4.78, 5) is 1.40. The number of nitrogens with one attached hydrogen (secondary N) is 1. The maximum absolute atomic E-state index is 14.5. The number of piperidine rings is 1. The van der Waals surface area contributed by atoms with Crippen LogP contribution < -0.4 is 10.1 Å². The van der Waals surface area contributed by atoms with Crippen LogP contribution in [-0.2, 0) is 0 Å². The Morgan fingerprint density at radius 3 is 3.00 bits per heavy atom. The minimum atomic E-state index is -2.94. The van der Waals surface area contributed by atoms with Crippen molar-refractivity contribution in [1.29, 1.82) is 0 Å². The minimum Gasteiger partial charge on any atom is -0.491 e. The zero-order valence-corrected chi connectivity index (χ0v) is 14.9. The summed E-state index contributed by atoms with van der Waals surface area (Å²) in [6, 6.07) is 5.25. The predicted octanol–water partition coefficient (Wildman–Crippen LogP) is 4.17. The van der Waals surface area contributed by atoms with Gasteiger partial charge in [-0.3, -0.25) is 0 Å². The number of halogens is 3. The summed E-state index contributed by atoms with van der Waals surface area (Å²) in [6.07, 6.45) is 4.53. The molecule has 1 saturated heterocycles. The Bertz CT molecular complexity index is 890. The number of fused-ring (bicyclic) bond motifs is 1. The average Bonchev–Trinajstić information content (AvgIpc) is 2.99. The fourth-order valence-electron chi connectivity index (χ4n) is 3.69. The first-order valence-corrected chi connectivity index (χ1v) is 8.97. The third-order valence-electron chi connectivity index (χ3n) is 5.01. The Morgan fingerprint density at radius 1 is 1.33 bits per heavy atom. The molecule has 0 bridgehead atoms. The van der Waals surface area contributed by atoms with E-state index in [4.69, 9.17) is 9.15 Å². The van der Waals surface area contributed by atoms with E-state index in [9.17, 15) is 13.2 Å². The van der Waals surface area contributed by atoms with Crippen LogP contribution in [0.4, 0.5) is 13.2 Å². The van der Waals surface area contributed by atoms with Crippen molar-refractivity contribution in [2.24, 2.45) is 0 Å². The molecule has 0 radical (unpaired) electrons. The fraction of sp³-hybridized carbons (Fsp3) is 0.400. The summed E-state index contributed by atoms with van der Waals surface area (Å²) in [5.74, 6) is -2.09. The van der Waals surface area contributed by atoms with Gasteiger partial charge in [-0.1, -0.05) is 0 Å². The molecule has 4 nitrogen and oxygen atoms in total. The van der Waals surface area contributed by atoms with Crippen LogP contribution in [0.1, 0.15) is 12.2 Å². The van der Waals surface area contributed by atoms with E-state index in [2.05, 4.69) is 5.32 Å². The smallest absolute Gasteiger partial charge is 0.280 e. The molecule has 0 saturated carbocycles. The van der Waals surface area contributed by atoms with Gasteiger partial charge >= 0.3 is 0 Å². The lowest BCUT2D eigenvalue weighted by atomic mass is 9.97. The van der Waals surface area contributed by atoms with Gasteiger partial charge in [0.25, 0.3) is 5.92 Å². The van der Waals surface area contributed by atoms with Crippen molar-refractivity contribution >= 4 is 11.0 Å². The second-order valence-electron chi connectivity index (χ2n) is 6.97. The van der Waals surface area contributed by atoms with E-state index in [1.807, 2.05) is 13.0 Å². The van der Waals surface area contributed by atoms with Crippen LogP contribution in [0.15, 0.2) is 52.9 Å². The number of aryl methyl sites for hydroxylation is 1.